The average Bonchev–Trinajstić information content (AvgIpc) is 3.10. The number of benzene rings is 1. The number of aliphatic hydroxyl groups is 1. The number of ether oxygens (including phenoxy) is 1. The highest BCUT2D eigenvalue weighted by Crippen LogP contribution is 2.20. The zero-order valence-corrected chi connectivity index (χ0v) is 13.4. The summed E-state index contributed by atoms with van der Waals surface area (Å²) >= 11 is 0. The Bertz CT molecular complexity index is 578. The van der Waals surface area contributed by atoms with Crippen LogP contribution in [-0.2, 0) is 0 Å². The normalized spacial score (nSPS) is 18.0. The van der Waals surface area contributed by atoms with Gasteiger partial charge in [-0.25, -0.2) is 0 Å². The van der Waals surface area contributed by atoms with Crippen LogP contribution < -0.4 is 4.74 Å². The number of piperidine rings is 1. The van der Waals surface area contributed by atoms with E-state index in [0.717, 1.165) is 30.3 Å². The number of aliphatic hydroxyl groups excluding tert-OH is 1. The van der Waals surface area contributed by atoms with Crippen molar-refractivity contribution in [3.63, 3.8) is 0 Å². The highest BCUT2D eigenvalue weighted by atomic mass is 16.5. The van der Waals surface area contributed by atoms with Gasteiger partial charge in [0.1, 0.15) is 18.5 Å². The van der Waals surface area contributed by atoms with Crippen LogP contribution in [0.15, 0.2) is 35.1 Å². The Kier molecular flexibility index (Phi) is 5.25. The molecule has 1 saturated heterocycles. The fourth-order valence-corrected chi connectivity index (χ4v) is 2.78. The zero-order chi connectivity index (χ0) is 16.1. The van der Waals surface area contributed by atoms with Gasteiger partial charge in [-0.2, -0.15) is 0 Å². The van der Waals surface area contributed by atoms with Crippen LogP contribution in [0, 0.1) is 5.92 Å². The number of rotatable bonds is 6. The van der Waals surface area contributed by atoms with Crippen LogP contribution in [-0.4, -0.2) is 52.5 Å². The van der Waals surface area contributed by atoms with Crippen molar-refractivity contribution in [2.45, 2.75) is 25.9 Å². The molecule has 2 aromatic rings. The van der Waals surface area contributed by atoms with Crippen molar-refractivity contribution in [1.82, 2.24) is 15.1 Å². The van der Waals surface area contributed by atoms with E-state index in [1.54, 1.807) is 0 Å². The fraction of sp³-hybridized carbons (Fsp3) is 0.529. The van der Waals surface area contributed by atoms with E-state index < -0.39 is 6.10 Å². The molecule has 0 aliphatic carbocycles. The molecule has 1 aromatic heterocycles. The van der Waals surface area contributed by atoms with Crippen molar-refractivity contribution in [3.05, 3.63) is 30.7 Å². The van der Waals surface area contributed by atoms with E-state index in [9.17, 15) is 5.11 Å². The molecule has 0 amide bonds. The molecule has 1 aromatic carbocycles. The summed E-state index contributed by atoms with van der Waals surface area (Å²) < 4.78 is 10.8. The highest BCUT2D eigenvalue weighted by Gasteiger charge is 2.18. The Labute approximate surface area is 136 Å². The number of β-amino-alcohol motifs (C(OH)–C–C–N with tert-alkyl or cyclic N) is 1. The molecule has 1 aliphatic rings. The van der Waals surface area contributed by atoms with E-state index in [4.69, 9.17) is 9.15 Å². The first kappa shape index (κ1) is 16.0. The molecule has 1 N–H and O–H groups in total. The molecule has 6 heteroatoms. The molecule has 124 valence electrons. The molecule has 3 rings (SSSR count). The van der Waals surface area contributed by atoms with Crippen molar-refractivity contribution in [2.24, 2.45) is 5.92 Å². The summed E-state index contributed by atoms with van der Waals surface area (Å²) in [6.45, 7) is 5.39. The van der Waals surface area contributed by atoms with Crippen molar-refractivity contribution in [3.8, 4) is 17.2 Å². The maximum Gasteiger partial charge on any atom is 0.247 e. The molecule has 0 bridgehead atoms. The highest BCUT2D eigenvalue weighted by molar-refractivity contribution is 5.53. The Morgan fingerprint density at radius 3 is 2.70 bits per heavy atom. The molecule has 1 aliphatic heterocycles. The van der Waals surface area contributed by atoms with Gasteiger partial charge in [0.15, 0.2) is 0 Å². The van der Waals surface area contributed by atoms with Gasteiger partial charge in [-0.15, -0.1) is 10.2 Å². The van der Waals surface area contributed by atoms with Crippen molar-refractivity contribution in [2.75, 3.05) is 26.2 Å². The van der Waals surface area contributed by atoms with Crippen LogP contribution in [0.3, 0.4) is 0 Å². The predicted molar refractivity (Wildman–Crippen MR) is 86.1 cm³/mol. The SMILES string of the molecule is CC1CCN(CC(O)COc2ccc(-c3nnco3)cc2)CC1. The Hall–Kier alpha value is -1.92. The van der Waals surface area contributed by atoms with E-state index in [2.05, 4.69) is 22.0 Å². The lowest BCUT2D eigenvalue weighted by Gasteiger charge is -2.31. The summed E-state index contributed by atoms with van der Waals surface area (Å²) in [6, 6.07) is 7.41. The zero-order valence-electron chi connectivity index (χ0n) is 13.4. The molecule has 0 saturated carbocycles. The second-order valence-electron chi connectivity index (χ2n) is 6.22. The van der Waals surface area contributed by atoms with E-state index >= 15 is 0 Å². The smallest absolute Gasteiger partial charge is 0.247 e. The van der Waals surface area contributed by atoms with Crippen LogP contribution in [0.25, 0.3) is 11.5 Å². The van der Waals surface area contributed by atoms with Gasteiger partial charge in [-0.1, -0.05) is 6.92 Å². The van der Waals surface area contributed by atoms with Gasteiger partial charge < -0.3 is 19.2 Å². The lowest BCUT2D eigenvalue weighted by atomic mass is 9.99. The van der Waals surface area contributed by atoms with Crippen molar-refractivity contribution < 1.29 is 14.3 Å². The third kappa shape index (κ3) is 4.53. The Balaban J connectivity index is 1.44. The minimum absolute atomic E-state index is 0.298. The largest absolute Gasteiger partial charge is 0.491 e. The second kappa shape index (κ2) is 7.57. The third-order valence-corrected chi connectivity index (χ3v) is 4.25. The summed E-state index contributed by atoms with van der Waals surface area (Å²) in [6.07, 6.45) is 3.26. The minimum atomic E-state index is -0.473. The fourth-order valence-electron chi connectivity index (χ4n) is 2.78. The number of hydrogen-bond donors (Lipinski definition) is 1. The molecule has 6 nitrogen and oxygen atoms in total. The summed E-state index contributed by atoms with van der Waals surface area (Å²) in [4.78, 5) is 2.31. The summed E-state index contributed by atoms with van der Waals surface area (Å²) in [5.41, 5.74) is 0.845. The molecule has 1 fully saturated rings. The summed E-state index contributed by atoms with van der Waals surface area (Å²) in [5, 5.41) is 17.6. The standard InChI is InChI=1S/C17H23N3O3/c1-13-6-8-20(9-7-13)10-15(21)11-22-16-4-2-14(3-5-16)17-19-18-12-23-17/h2-5,12-13,15,21H,6-11H2,1H3. The molecule has 1 atom stereocenters. The lowest BCUT2D eigenvalue weighted by Crippen LogP contribution is -2.40. The molecule has 2 heterocycles. The topological polar surface area (TPSA) is 71.6 Å². The van der Waals surface area contributed by atoms with Gasteiger partial charge in [-0.3, -0.25) is 0 Å². The minimum Gasteiger partial charge on any atom is -0.491 e. The van der Waals surface area contributed by atoms with Crippen LogP contribution in [0.2, 0.25) is 0 Å². The van der Waals surface area contributed by atoms with Crippen LogP contribution in [0.1, 0.15) is 19.8 Å². The van der Waals surface area contributed by atoms with Crippen LogP contribution in [0.5, 0.6) is 5.75 Å². The number of aromatic nitrogens is 2. The Morgan fingerprint density at radius 1 is 1.30 bits per heavy atom. The molecule has 1 unspecified atom stereocenters. The molecular formula is C17H23N3O3. The van der Waals surface area contributed by atoms with E-state index in [1.807, 2.05) is 24.3 Å². The predicted octanol–water partition coefficient (Wildman–Crippen LogP) is 2.21. The first-order valence-electron chi connectivity index (χ1n) is 8.10. The quantitative estimate of drug-likeness (QED) is 0.881. The van der Waals surface area contributed by atoms with Gasteiger partial charge in [0.2, 0.25) is 12.3 Å². The number of nitrogens with zero attached hydrogens (tertiary/aromatic N) is 3. The van der Waals surface area contributed by atoms with Crippen molar-refractivity contribution in [1.29, 1.82) is 0 Å². The Morgan fingerprint density at radius 2 is 2.04 bits per heavy atom. The molecule has 0 radical (unpaired) electrons. The first-order valence-corrected chi connectivity index (χ1v) is 8.10. The lowest BCUT2D eigenvalue weighted by molar-refractivity contribution is 0.0563. The van der Waals surface area contributed by atoms with Crippen LogP contribution >= 0.6 is 0 Å². The molecular weight excluding hydrogens is 294 g/mol. The van der Waals surface area contributed by atoms with Crippen molar-refractivity contribution >= 4 is 0 Å². The monoisotopic (exact) mass is 317 g/mol. The third-order valence-electron chi connectivity index (χ3n) is 4.25. The average molecular weight is 317 g/mol. The van der Waals surface area contributed by atoms with Gasteiger partial charge in [0, 0.05) is 12.1 Å². The number of hydrogen-bond acceptors (Lipinski definition) is 6. The maximum absolute atomic E-state index is 10.1. The van der Waals surface area contributed by atoms with Gasteiger partial charge in [0.25, 0.3) is 0 Å². The van der Waals surface area contributed by atoms with Gasteiger partial charge in [-0.05, 0) is 56.1 Å². The second-order valence-corrected chi connectivity index (χ2v) is 6.22. The molecule has 23 heavy (non-hydrogen) atoms. The van der Waals surface area contributed by atoms with Gasteiger partial charge in [0.05, 0.1) is 0 Å². The van der Waals surface area contributed by atoms with E-state index in [0.29, 0.717) is 19.0 Å². The van der Waals surface area contributed by atoms with Crippen LogP contribution in [0.4, 0.5) is 0 Å². The van der Waals surface area contributed by atoms with Gasteiger partial charge >= 0.3 is 0 Å². The number of likely N-dealkylation sites (tertiary alicyclic amines) is 1. The maximum atomic E-state index is 10.1. The summed E-state index contributed by atoms with van der Waals surface area (Å²) in [5.74, 6) is 2.01. The molecule has 0 spiro atoms. The summed E-state index contributed by atoms with van der Waals surface area (Å²) in [7, 11) is 0. The van der Waals surface area contributed by atoms with E-state index in [-0.39, 0.29) is 0 Å². The first-order chi connectivity index (χ1) is 11.2. The van der Waals surface area contributed by atoms with E-state index in [1.165, 1.54) is 19.2 Å².